The van der Waals surface area contributed by atoms with Gasteiger partial charge in [-0.3, -0.25) is 9.80 Å². The van der Waals surface area contributed by atoms with Crippen LogP contribution in [-0.4, -0.2) is 53.6 Å². The largest absolute Gasteiger partial charge is 0.324 e. The van der Waals surface area contributed by atoms with Crippen LogP contribution in [0.4, 0.5) is 0 Å². The van der Waals surface area contributed by atoms with E-state index < -0.39 is 0 Å². The molecule has 1 aliphatic rings. The smallest absolute Gasteiger partial charge is 0.0226 e. The highest BCUT2D eigenvalue weighted by Crippen LogP contribution is 2.14. The second-order valence-electron chi connectivity index (χ2n) is 5.90. The van der Waals surface area contributed by atoms with Gasteiger partial charge >= 0.3 is 0 Å². The maximum absolute atomic E-state index is 6.05. The van der Waals surface area contributed by atoms with Gasteiger partial charge in [-0.15, -0.1) is 0 Å². The molecule has 0 saturated carbocycles. The number of rotatable bonds is 3. The molecule has 0 aromatic carbocycles. The minimum Gasteiger partial charge on any atom is -0.324 e. The Morgan fingerprint density at radius 2 is 1.93 bits per heavy atom. The summed E-state index contributed by atoms with van der Waals surface area (Å²) in [6, 6.07) is 1.31. The van der Waals surface area contributed by atoms with Crippen molar-refractivity contribution in [1.82, 2.24) is 9.80 Å². The Hall–Kier alpha value is -0.120. The van der Waals surface area contributed by atoms with Crippen molar-refractivity contribution in [2.75, 3.05) is 26.2 Å². The van der Waals surface area contributed by atoms with Gasteiger partial charge in [-0.1, -0.05) is 0 Å². The molecule has 0 bridgehead atoms. The average molecular weight is 213 g/mol. The summed E-state index contributed by atoms with van der Waals surface area (Å²) in [5.74, 6) is 0. The topological polar surface area (TPSA) is 32.5 Å². The zero-order chi connectivity index (χ0) is 11.6. The molecule has 2 N–H and O–H groups in total. The fourth-order valence-electron chi connectivity index (χ4n) is 2.53. The first kappa shape index (κ1) is 12.9. The Morgan fingerprint density at radius 3 is 2.33 bits per heavy atom. The van der Waals surface area contributed by atoms with Gasteiger partial charge in [0.25, 0.3) is 0 Å². The summed E-state index contributed by atoms with van der Waals surface area (Å²) in [4.78, 5) is 5.06. The van der Waals surface area contributed by atoms with Gasteiger partial charge in [0.1, 0.15) is 0 Å². The molecule has 3 heteroatoms. The van der Waals surface area contributed by atoms with E-state index in [4.69, 9.17) is 5.73 Å². The van der Waals surface area contributed by atoms with Crippen LogP contribution < -0.4 is 5.73 Å². The molecular weight excluding hydrogens is 186 g/mol. The molecule has 0 aromatic heterocycles. The fraction of sp³-hybridized carbons (Fsp3) is 1.00. The quantitative estimate of drug-likeness (QED) is 0.763. The van der Waals surface area contributed by atoms with Gasteiger partial charge in [0.15, 0.2) is 0 Å². The van der Waals surface area contributed by atoms with E-state index in [1.54, 1.807) is 0 Å². The summed E-state index contributed by atoms with van der Waals surface area (Å²) in [5, 5.41) is 0. The molecule has 1 heterocycles. The van der Waals surface area contributed by atoms with E-state index in [1.165, 1.54) is 6.54 Å². The van der Waals surface area contributed by atoms with E-state index in [-0.39, 0.29) is 5.54 Å². The Kier molecular flexibility index (Phi) is 4.15. The van der Waals surface area contributed by atoms with Gasteiger partial charge in [0, 0.05) is 43.8 Å². The van der Waals surface area contributed by atoms with Crippen LogP contribution in [-0.2, 0) is 0 Å². The van der Waals surface area contributed by atoms with Crippen LogP contribution in [0.5, 0.6) is 0 Å². The SMILES string of the molecule is CC(C)N1CCN(CC(C)(C)N)CC1C. The van der Waals surface area contributed by atoms with Crippen molar-refractivity contribution in [3.05, 3.63) is 0 Å². The van der Waals surface area contributed by atoms with Crippen molar-refractivity contribution in [3.63, 3.8) is 0 Å². The third-order valence-corrected chi connectivity index (χ3v) is 3.06. The molecule has 0 radical (unpaired) electrons. The standard InChI is InChI=1S/C12H27N3/c1-10(2)15-7-6-14(8-11(15)3)9-12(4,5)13/h10-11H,6-9,13H2,1-5H3. The van der Waals surface area contributed by atoms with Crippen molar-refractivity contribution in [2.24, 2.45) is 5.73 Å². The molecule has 0 spiro atoms. The molecule has 0 aromatic rings. The zero-order valence-corrected chi connectivity index (χ0v) is 11.0. The lowest BCUT2D eigenvalue weighted by Crippen LogP contribution is -2.57. The van der Waals surface area contributed by atoms with E-state index >= 15 is 0 Å². The van der Waals surface area contributed by atoms with Crippen molar-refractivity contribution in [2.45, 2.75) is 52.2 Å². The minimum absolute atomic E-state index is 0.0697. The molecular formula is C12H27N3. The van der Waals surface area contributed by atoms with Gasteiger partial charge in [0.2, 0.25) is 0 Å². The number of hydrogen-bond donors (Lipinski definition) is 1. The Labute approximate surface area is 94.6 Å². The Balaban J connectivity index is 2.44. The van der Waals surface area contributed by atoms with Gasteiger partial charge in [-0.05, 0) is 34.6 Å². The Morgan fingerprint density at radius 1 is 1.33 bits per heavy atom. The maximum Gasteiger partial charge on any atom is 0.0226 e. The van der Waals surface area contributed by atoms with Gasteiger partial charge in [-0.2, -0.15) is 0 Å². The fourth-order valence-corrected chi connectivity index (χ4v) is 2.53. The van der Waals surface area contributed by atoms with Crippen LogP contribution in [0.1, 0.15) is 34.6 Å². The van der Waals surface area contributed by atoms with E-state index in [2.05, 4.69) is 44.4 Å². The number of piperazine rings is 1. The highest BCUT2D eigenvalue weighted by atomic mass is 15.3. The third kappa shape index (κ3) is 4.09. The van der Waals surface area contributed by atoms with E-state index in [1.807, 2.05) is 0 Å². The van der Waals surface area contributed by atoms with Crippen LogP contribution in [0.2, 0.25) is 0 Å². The summed E-state index contributed by atoms with van der Waals surface area (Å²) < 4.78 is 0. The lowest BCUT2D eigenvalue weighted by molar-refractivity contribution is 0.0515. The van der Waals surface area contributed by atoms with Gasteiger partial charge in [-0.25, -0.2) is 0 Å². The normalized spacial score (nSPS) is 26.2. The lowest BCUT2D eigenvalue weighted by atomic mass is 10.0. The molecule has 1 atom stereocenters. The molecule has 3 nitrogen and oxygen atoms in total. The molecule has 90 valence electrons. The molecule has 15 heavy (non-hydrogen) atoms. The summed E-state index contributed by atoms with van der Waals surface area (Å²) >= 11 is 0. The molecule has 1 aliphatic heterocycles. The Bertz CT molecular complexity index is 196. The average Bonchev–Trinajstić information content (AvgIpc) is 1.99. The minimum atomic E-state index is -0.0697. The maximum atomic E-state index is 6.05. The van der Waals surface area contributed by atoms with Gasteiger partial charge in [0.05, 0.1) is 0 Å². The molecule has 1 unspecified atom stereocenters. The predicted octanol–water partition coefficient (Wildman–Crippen LogP) is 1.14. The number of nitrogens with two attached hydrogens (primary N) is 1. The van der Waals surface area contributed by atoms with E-state index in [0.29, 0.717) is 12.1 Å². The molecule has 0 amide bonds. The summed E-state index contributed by atoms with van der Waals surface area (Å²) in [7, 11) is 0. The molecule has 1 saturated heterocycles. The number of nitrogens with zero attached hydrogens (tertiary/aromatic N) is 2. The monoisotopic (exact) mass is 213 g/mol. The van der Waals surface area contributed by atoms with E-state index in [0.717, 1.165) is 19.6 Å². The summed E-state index contributed by atoms with van der Waals surface area (Å²) in [5.41, 5.74) is 5.98. The molecule has 1 fully saturated rings. The predicted molar refractivity (Wildman–Crippen MR) is 66.0 cm³/mol. The summed E-state index contributed by atoms with van der Waals surface area (Å²) in [6.07, 6.45) is 0. The first-order valence-electron chi connectivity index (χ1n) is 6.06. The van der Waals surface area contributed by atoms with Crippen LogP contribution in [0, 0.1) is 0 Å². The van der Waals surface area contributed by atoms with Crippen molar-refractivity contribution in [1.29, 1.82) is 0 Å². The van der Waals surface area contributed by atoms with Crippen LogP contribution in [0.3, 0.4) is 0 Å². The number of hydrogen-bond acceptors (Lipinski definition) is 3. The van der Waals surface area contributed by atoms with Crippen molar-refractivity contribution >= 4 is 0 Å². The van der Waals surface area contributed by atoms with E-state index in [9.17, 15) is 0 Å². The third-order valence-electron chi connectivity index (χ3n) is 3.06. The first-order valence-corrected chi connectivity index (χ1v) is 6.06. The van der Waals surface area contributed by atoms with Gasteiger partial charge < -0.3 is 5.73 Å². The first-order chi connectivity index (χ1) is 6.79. The van der Waals surface area contributed by atoms with Crippen LogP contribution >= 0.6 is 0 Å². The summed E-state index contributed by atoms with van der Waals surface area (Å²) in [6.45, 7) is 15.6. The van der Waals surface area contributed by atoms with Crippen molar-refractivity contribution in [3.8, 4) is 0 Å². The molecule has 1 rings (SSSR count). The second kappa shape index (κ2) is 4.81. The lowest BCUT2D eigenvalue weighted by Gasteiger charge is -2.43. The van der Waals surface area contributed by atoms with Crippen molar-refractivity contribution < 1.29 is 0 Å². The highest BCUT2D eigenvalue weighted by Gasteiger charge is 2.27. The zero-order valence-electron chi connectivity index (χ0n) is 11.0. The second-order valence-corrected chi connectivity index (χ2v) is 5.90. The highest BCUT2D eigenvalue weighted by molar-refractivity contribution is 4.85. The van der Waals surface area contributed by atoms with Crippen LogP contribution in [0.15, 0.2) is 0 Å². The van der Waals surface area contributed by atoms with Crippen LogP contribution in [0.25, 0.3) is 0 Å². The molecule has 0 aliphatic carbocycles.